The Morgan fingerprint density at radius 1 is 0.848 bits per heavy atom. The van der Waals surface area contributed by atoms with Gasteiger partial charge in [0, 0.05) is 30.8 Å². The molecule has 3 aromatic rings. The maximum atomic E-state index is 12.7. The van der Waals surface area contributed by atoms with Crippen LogP contribution in [0.3, 0.4) is 0 Å². The van der Waals surface area contributed by atoms with Crippen molar-refractivity contribution in [2.24, 2.45) is 0 Å². The molecule has 0 unspecified atom stereocenters. The molecule has 1 N–H and O–H groups in total. The van der Waals surface area contributed by atoms with Crippen LogP contribution in [0, 0.1) is 0 Å². The minimum absolute atomic E-state index is 0.162. The van der Waals surface area contributed by atoms with Crippen molar-refractivity contribution in [3.05, 3.63) is 95.1 Å². The molecular formula is C26H21N3O4. The van der Waals surface area contributed by atoms with Gasteiger partial charge in [-0.15, -0.1) is 0 Å². The van der Waals surface area contributed by atoms with Crippen LogP contribution in [-0.2, 0) is 11.3 Å². The molecular weight excluding hydrogens is 418 g/mol. The van der Waals surface area contributed by atoms with Gasteiger partial charge in [-0.2, -0.15) is 0 Å². The first kappa shape index (κ1) is 20.6. The number of anilines is 2. The summed E-state index contributed by atoms with van der Waals surface area (Å²) in [6.45, 7) is 1.31. The number of nitrogens with zero attached hydrogens (tertiary/aromatic N) is 2. The normalized spacial score (nSPS) is 15.2. The second kappa shape index (κ2) is 8.35. The van der Waals surface area contributed by atoms with Gasteiger partial charge < -0.3 is 10.2 Å². The van der Waals surface area contributed by atoms with Crippen LogP contribution < -0.4 is 10.2 Å². The molecule has 0 saturated carbocycles. The summed E-state index contributed by atoms with van der Waals surface area (Å²) >= 11 is 0. The smallest absolute Gasteiger partial charge is 0.266 e. The third-order valence-electron chi connectivity index (χ3n) is 5.92. The largest absolute Gasteiger partial charge is 0.338 e. The van der Waals surface area contributed by atoms with E-state index in [9.17, 15) is 19.2 Å². The number of carbonyl (C=O) groups excluding carboxylic acids is 4. The number of hydrogen-bond acceptors (Lipinski definition) is 4. The zero-order valence-electron chi connectivity index (χ0n) is 17.8. The second-order valence-electron chi connectivity index (χ2n) is 8.11. The van der Waals surface area contributed by atoms with E-state index in [0.29, 0.717) is 41.0 Å². The average molecular weight is 439 g/mol. The van der Waals surface area contributed by atoms with Gasteiger partial charge in [-0.05, 0) is 54.4 Å². The molecule has 164 valence electrons. The second-order valence-corrected chi connectivity index (χ2v) is 8.11. The van der Waals surface area contributed by atoms with Crippen molar-refractivity contribution in [1.29, 1.82) is 0 Å². The molecule has 2 aliphatic rings. The summed E-state index contributed by atoms with van der Waals surface area (Å²) in [5.74, 6) is -0.912. The lowest BCUT2D eigenvalue weighted by atomic mass is 10.1. The molecule has 0 atom stereocenters. The number of fused-ring (bicyclic) bond motifs is 1. The molecule has 0 aromatic heterocycles. The summed E-state index contributed by atoms with van der Waals surface area (Å²) in [5.41, 5.74) is 3.04. The van der Waals surface area contributed by atoms with Crippen LogP contribution >= 0.6 is 0 Å². The number of amides is 4. The van der Waals surface area contributed by atoms with Crippen molar-refractivity contribution < 1.29 is 19.2 Å². The predicted octanol–water partition coefficient (Wildman–Crippen LogP) is 3.86. The maximum absolute atomic E-state index is 12.7. The summed E-state index contributed by atoms with van der Waals surface area (Å²) in [5, 5.41) is 2.82. The Bertz CT molecular complexity index is 1250. The Labute approximate surface area is 190 Å². The number of hydrogen-bond donors (Lipinski definition) is 1. The average Bonchev–Trinajstić information content (AvgIpc) is 3.34. The van der Waals surface area contributed by atoms with Crippen molar-refractivity contribution in [1.82, 2.24) is 4.90 Å². The van der Waals surface area contributed by atoms with Gasteiger partial charge in [0.15, 0.2) is 0 Å². The predicted molar refractivity (Wildman–Crippen MR) is 123 cm³/mol. The van der Waals surface area contributed by atoms with Crippen LogP contribution in [0.5, 0.6) is 0 Å². The van der Waals surface area contributed by atoms with Crippen LogP contribution in [0.1, 0.15) is 49.5 Å². The monoisotopic (exact) mass is 439 g/mol. The van der Waals surface area contributed by atoms with Crippen LogP contribution in [0.2, 0.25) is 0 Å². The summed E-state index contributed by atoms with van der Waals surface area (Å²) < 4.78 is 0. The number of imide groups is 1. The zero-order chi connectivity index (χ0) is 22.9. The highest BCUT2D eigenvalue weighted by Crippen LogP contribution is 2.30. The molecule has 1 fully saturated rings. The SMILES string of the molecule is O=C(Nc1cccc(N2C(=O)c3ccccc3C2=O)c1)c1ccc(CN2CCCC2=O)cc1. The van der Waals surface area contributed by atoms with E-state index in [1.807, 2.05) is 17.0 Å². The highest BCUT2D eigenvalue weighted by molar-refractivity contribution is 6.34. The van der Waals surface area contributed by atoms with E-state index in [4.69, 9.17) is 0 Å². The van der Waals surface area contributed by atoms with Crippen molar-refractivity contribution in [2.45, 2.75) is 19.4 Å². The van der Waals surface area contributed by atoms with E-state index in [0.717, 1.165) is 23.4 Å². The maximum Gasteiger partial charge on any atom is 0.266 e. The van der Waals surface area contributed by atoms with E-state index < -0.39 is 0 Å². The Balaban J connectivity index is 1.29. The van der Waals surface area contributed by atoms with E-state index in [1.54, 1.807) is 60.7 Å². The number of benzene rings is 3. The molecule has 0 radical (unpaired) electrons. The molecule has 4 amide bonds. The van der Waals surface area contributed by atoms with Crippen LogP contribution in [0.25, 0.3) is 0 Å². The first-order valence-corrected chi connectivity index (χ1v) is 10.8. The molecule has 33 heavy (non-hydrogen) atoms. The summed E-state index contributed by atoms with van der Waals surface area (Å²) in [4.78, 5) is 52.9. The number of likely N-dealkylation sites (tertiary alicyclic amines) is 1. The zero-order valence-corrected chi connectivity index (χ0v) is 17.8. The van der Waals surface area contributed by atoms with Gasteiger partial charge in [0.1, 0.15) is 0 Å². The van der Waals surface area contributed by atoms with Gasteiger partial charge in [0.05, 0.1) is 16.8 Å². The molecule has 0 bridgehead atoms. The summed E-state index contributed by atoms with van der Waals surface area (Å²) in [6.07, 6.45) is 1.49. The number of nitrogens with one attached hydrogen (secondary N) is 1. The lowest BCUT2D eigenvalue weighted by Crippen LogP contribution is -2.29. The van der Waals surface area contributed by atoms with E-state index >= 15 is 0 Å². The third-order valence-corrected chi connectivity index (χ3v) is 5.92. The molecule has 3 aromatic carbocycles. The third kappa shape index (κ3) is 3.89. The van der Waals surface area contributed by atoms with Crippen molar-refractivity contribution in [2.75, 3.05) is 16.8 Å². The lowest BCUT2D eigenvalue weighted by molar-refractivity contribution is -0.128. The molecule has 7 heteroatoms. The van der Waals surface area contributed by atoms with E-state index in [2.05, 4.69) is 5.32 Å². The molecule has 2 aliphatic heterocycles. The Morgan fingerprint density at radius 2 is 1.55 bits per heavy atom. The fourth-order valence-electron chi connectivity index (χ4n) is 4.20. The molecule has 0 spiro atoms. The van der Waals surface area contributed by atoms with Gasteiger partial charge in [-0.1, -0.05) is 30.3 Å². The summed E-state index contributed by atoms with van der Waals surface area (Å²) in [7, 11) is 0. The highest BCUT2D eigenvalue weighted by Gasteiger charge is 2.36. The fraction of sp³-hybridized carbons (Fsp3) is 0.154. The van der Waals surface area contributed by atoms with Crippen LogP contribution in [-0.4, -0.2) is 35.1 Å². The summed E-state index contributed by atoms with van der Waals surface area (Å²) in [6, 6.07) is 20.5. The van der Waals surface area contributed by atoms with Gasteiger partial charge in [-0.3, -0.25) is 19.2 Å². The molecule has 7 nitrogen and oxygen atoms in total. The molecule has 2 heterocycles. The lowest BCUT2D eigenvalue weighted by Gasteiger charge is -2.16. The van der Waals surface area contributed by atoms with Gasteiger partial charge in [0.25, 0.3) is 17.7 Å². The minimum atomic E-state index is -0.383. The molecule has 1 saturated heterocycles. The van der Waals surface area contributed by atoms with E-state index in [1.165, 1.54) is 0 Å². The standard InChI is InChI=1S/C26H21N3O4/c30-23-9-4-14-28(23)16-17-10-12-18(13-11-17)24(31)27-19-5-3-6-20(15-19)29-25(32)21-7-1-2-8-22(21)26(29)33/h1-3,5-8,10-13,15H,4,9,14,16H2,(H,27,31). The number of rotatable bonds is 5. The first-order chi connectivity index (χ1) is 16.0. The first-order valence-electron chi connectivity index (χ1n) is 10.8. The molecule has 5 rings (SSSR count). The molecule has 0 aliphatic carbocycles. The van der Waals surface area contributed by atoms with Gasteiger partial charge >= 0.3 is 0 Å². The van der Waals surface area contributed by atoms with Crippen LogP contribution in [0.4, 0.5) is 11.4 Å². The van der Waals surface area contributed by atoms with Gasteiger partial charge in [-0.25, -0.2) is 4.90 Å². The van der Waals surface area contributed by atoms with Crippen molar-refractivity contribution in [3.63, 3.8) is 0 Å². The van der Waals surface area contributed by atoms with Crippen molar-refractivity contribution in [3.8, 4) is 0 Å². The topological polar surface area (TPSA) is 86.8 Å². The van der Waals surface area contributed by atoms with Crippen molar-refractivity contribution >= 4 is 35.0 Å². The van der Waals surface area contributed by atoms with E-state index in [-0.39, 0.29) is 23.6 Å². The Morgan fingerprint density at radius 3 is 2.18 bits per heavy atom. The van der Waals surface area contributed by atoms with Crippen LogP contribution in [0.15, 0.2) is 72.8 Å². The van der Waals surface area contributed by atoms with Gasteiger partial charge in [0.2, 0.25) is 5.91 Å². The number of carbonyl (C=O) groups is 4. The highest BCUT2D eigenvalue weighted by atomic mass is 16.2. The Hall–Kier alpha value is -4.26. The minimum Gasteiger partial charge on any atom is -0.338 e. The Kier molecular flexibility index (Phi) is 5.22. The fourth-order valence-corrected chi connectivity index (χ4v) is 4.20. The quantitative estimate of drug-likeness (QED) is 0.612.